The summed E-state index contributed by atoms with van der Waals surface area (Å²) in [4.78, 5) is 6.19. The Hall–Kier alpha value is -1.84. The van der Waals surface area contributed by atoms with Crippen LogP contribution in [-0.2, 0) is 12.4 Å². The van der Waals surface area contributed by atoms with Gasteiger partial charge in [0.15, 0.2) is 0 Å². The number of fused-ring (bicyclic) bond motifs is 1. The number of nitrogens with zero attached hydrogens (tertiary/aromatic N) is 1. The van der Waals surface area contributed by atoms with E-state index < -0.39 is 41.2 Å². The first-order valence-electron chi connectivity index (χ1n) is 6.61. The highest BCUT2D eigenvalue weighted by molar-refractivity contribution is 5.80. The van der Waals surface area contributed by atoms with E-state index in [1.165, 1.54) is 0 Å². The maximum absolute atomic E-state index is 13.2. The number of halogens is 7. The lowest BCUT2D eigenvalue weighted by Gasteiger charge is -2.11. The van der Waals surface area contributed by atoms with Crippen LogP contribution in [0, 0.1) is 0 Å². The predicted octanol–water partition coefficient (Wildman–Crippen LogP) is 3.97. The first-order chi connectivity index (χ1) is 10.6. The SMILES string of the molecule is F[C@H]1CN[C@H](c2nc3c(C(F)(F)F)cc(C(F)(F)F)cc3[nH]2)C1. The van der Waals surface area contributed by atoms with Gasteiger partial charge in [-0.2, -0.15) is 26.3 Å². The van der Waals surface area contributed by atoms with Crippen molar-refractivity contribution in [2.75, 3.05) is 6.54 Å². The summed E-state index contributed by atoms with van der Waals surface area (Å²) in [7, 11) is 0. The van der Waals surface area contributed by atoms with E-state index in [2.05, 4.69) is 15.3 Å². The minimum Gasteiger partial charge on any atom is -0.341 e. The van der Waals surface area contributed by atoms with Gasteiger partial charge < -0.3 is 10.3 Å². The molecule has 0 saturated carbocycles. The minimum atomic E-state index is -4.99. The smallest absolute Gasteiger partial charge is 0.341 e. The van der Waals surface area contributed by atoms with Crippen molar-refractivity contribution < 1.29 is 30.7 Å². The molecule has 0 amide bonds. The van der Waals surface area contributed by atoms with Crippen molar-refractivity contribution in [3.8, 4) is 0 Å². The zero-order valence-corrected chi connectivity index (χ0v) is 11.3. The average Bonchev–Trinajstić information content (AvgIpc) is 3.00. The largest absolute Gasteiger partial charge is 0.418 e. The molecule has 2 heterocycles. The van der Waals surface area contributed by atoms with Crippen LogP contribution in [0.4, 0.5) is 30.7 Å². The van der Waals surface area contributed by atoms with Gasteiger partial charge in [0.1, 0.15) is 17.5 Å². The molecule has 1 saturated heterocycles. The highest BCUT2D eigenvalue weighted by Gasteiger charge is 2.39. The van der Waals surface area contributed by atoms with Crippen molar-refractivity contribution >= 4 is 11.0 Å². The van der Waals surface area contributed by atoms with Gasteiger partial charge in [0.2, 0.25) is 0 Å². The second-order valence-corrected chi connectivity index (χ2v) is 5.33. The van der Waals surface area contributed by atoms with Crippen molar-refractivity contribution in [1.82, 2.24) is 15.3 Å². The topological polar surface area (TPSA) is 40.7 Å². The lowest BCUT2D eigenvalue weighted by Crippen LogP contribution is -2.15. The summed E-state index contributed by atoms with van der Waals surface area (Å²) in [5.41, 5.74) is -3.88. The number of rotatable bonds is 1. The molecule has 0 bridgehead atoms. The van der Waals surface area contributed by atoms with Gasteiger partial charge in [0.05, 0.1) is 22.7 Å². The zero-order chi connectivity index (χ0) is 17.0. The molecule has 23 heavy (non-hydrogen) atoms. The van der Waals surface area contributed by atoms with Crippen molar-refractivity contribution in [2.45, 2.75) is 31.0 Å². The van der Waals surface area contributed by atoms with Crippen LogP contribution in [0.15, 0.2) is 12.1 Å². The molecule has 126 valence electrons. The number of alkyl halides is 7. The van der Waals surface area contributed by atoms with Gasteiger partial charge in [-0.15, -0.1) is 0 Å². The normalized spacial score (nSPS) is 22.9. The summed E-state index contributed by atoms with van der Waals surface area (Å²) in [5, 5.41) is 2.71. The van der Waals surface area contributed by atoms with Crippen molar-refractivity contribution in [3.63, 3.8) is 0 Å². The van der Waals surface area contributed by atoms with E-state index in [4.69, 9.17) is 0 Å². The summed E-state index contributed by atoms with van der Waals surface area (Å²) < 4.78 is 90.6. The fourth-order valence-electron chi connectivity index (χ4n) is 2.58. The van der Waals surface area contributed by atoms with Crippen molar-refractivity contribution in [3.05, 3.63) is 29.1 Å². The Morgan fingerprint density at radius 3 is 2.26 bits per heavy atom. The molecule has 0 aliphatic carbocycles. The third-order valence-electron chi connectivity index (χ3n) is 3.64. The van der Waals surface area contributed by atoms with Crippen LogP contribution in [0.1, 0.15) is 29.4 Å². The summed E-state index contributed by atoms with van der Waals surface area (Å²) in [5.74, 6) is -0.00928. The monoisotopic (exact) mass is 341 g/mol. The van der Waals surface area contributed by atoms with Crippen molar-refractivity contribution in [1.29, 1.82) is 0 Å². The average molecular weight is 341 g/mol. The van der Waals surface area contributed by atoms with E-state index in [0.29, 0.717) is 6.07 Å². The first-order valence-corrected chi connectivity index (χ1v) is 6.61. The van der Waals surface area contributed by atoms with Gasteiger partial charge in [-0.1, -0.05) is 0 Å². The minimum absolute atomic E-state index is 0.00665. The molecule has 1 aliphatic rings. The van der Waals surface area contributed by atoms with Gasteiger partial charge in [0, 0.05) is 13.0 Å². The van der Waals surface area contributed by atoms with Crippen LogP contribution in [-0.4, -0.2) is 22.7 Å². The molecule has 2 atom stereocenters. The van der Waals surface area contributed by atoms with E-state index in [1.54, 1.807) is 0 Å². The highest BCUT2D eigenvalue weighted by atomic mass is 19.4. The predicted molar refractivity (Wildman–Crippen MR) is 66.4 cm³/mol. The number of benzene rings is 1. The van der Waals surface area contributed by atoms with Gasteiger partial charge in [-0.05, 0) is 12.1 Å². The fourth-order valence-corrected chi connectivity index (χ4v) is 2.58. The zero-order valence-electron chi connectivity index (χ0n) is 11.3. The van der Waals surface area contributed by atoms with Crippen LogP contribution in [0.5, 0.6) is 0 Å². The van der Waals surface area contributed by atoms with E-state index in [1.807, 2.05) is 0 Å². The number of imidazole rings is 1. The summed E-state index contributed by atoms with van der Waals surface area (Å²) >= 11 is 0. The molecule has 2 aromatic rings. The first kappa shape index (κ1) is 16.0. The number of hydrogen-bond donors (Lipinski definition) is 2. The Balaban J connectivity index is 2.16. The van der Waals surface area contributed by atoms with Gasteiger partial charge in [-0.25, -0.2) is 9.37 Å². The molecular formula is C13H10F7N3. The lowest BCUT2D eigenvalue weighted by molar-refractivity contribution is -0.142. The Morgan fingerprint density at radius 1 is 1.04 bits per heavy atom. The Morgan fingerprint density at radius 2 is 1.74 bits per heavy atom. The number of aromatic amines is 1. The van der Waals surface area contributed by atoms with Crippen LogP contribution >= 0.6 is 0 Å². The molecule has 1 aromatic carbocycles. The summed E-state index contributed by atoms with van der Waals surface area (Å²) in [6.45, 7) is 0.0155. The summed E-state index contributed by atoms with van der Waals surface area (Å²) in [6.07, 6.45) is -11.1. The Kier molecular flexibility index (Phi) is 3.54. The number of H-pyrrole nitrogens is 1. The van der Waals surface area contributed by atoms with E-state index in [0.717, 1.165) is 0 Å². The molecule has 10 heteroatoms. The van der Waals surface area contributed by atoms with Crippen LogP contribution in [0.2, 0.25) is 0 Å². The molecule has 0 unspecified atom stereocenters. The highest BCUT2D eigenvalue weighted by Crippen LogP contribution is 2.40. The fraction of sp³-hybridized carbons (Fsp3) is 0.462. The molecule has 3 nitrogen and oxygen atoms in total. The Labute approximate surface area is 124 Å². The second kappa shape index (κ2) is 5.08. The summed E-state index contributed by atoms with van der Waals surface area (Å²) in [6, 6.07) is -0.0523. The molecule has 1 fully saturated rings. The van der Waals surface area contributed by atoms with Gasteiger partial charge >= 0.3 is 12.4 Å². The third-order valence-corrected chi connectivity index (χ3v) is 3.64. The van der Waals surface area contributed by atoms with Crippen molar-refractivity contribution in [2.24, 2.45) is 0 Å². The second-order valence-electron chi connectivity index (χ2n) is 5.33. The maximum atomic E-state index is 13.2. The molecule has 1 aliphatic heterocycles. The molecule has 1 aromatic heterocycles. The quantitative estimate of drug-likeness (QED) is 0.771. The Bertz CT molecular complexity index is 731. The van der Waals surface area contributed by atoms with E-state index >= 15 is 0 Å². The molecule has 0 spiro atoms. The van der Waals surface area contributed by atoms with Crippen LogP contribution < -0.4 is 5.32 Å². The van der Waals surface area contributed by atoms with E-state index in [-0.39, 0.29) is 30.4 Å². The lowest BCUT2D eigenvalue weighted by atomic mass is 10.1. The van der Waals surface area contributed by atoms with Crippen LogP contribution in [0.25, 0.3) is 11.0 Å². The van der Waals surface area contributed by atoms with Gasteiger partial charge in [0.25, 0.3) is 0 Å². The molecule has 0 radical (unpaired) electrons. The van der Waals surface area contributed by atoms with Crippen LogP contribution in [0.3, 0.4) is 0 Å². The molecule has 2 N–H and O–H groups in total. The van der Waals surface area contributed by atoms with Gasteiger partial charge in [-0.3, -0.25) is 0 Å². The number of aromatic nitrogens is 2. The third kappa shape index (κ3) is 2.99. The number of hydrogen-bond acceptors (Lipinski definition) is 2. The molecule has 3 rings (SSSR count). The maximum Gasteiger partial charge on any atom is 0.418 e. The molecular weight excluding hydrogens is 331 g/mol. The number of nitrogens with one attached hydrogen (secondary N) is 2. The van der Waals surface area contributed by atoms with E-state index in [9.17, 15) is 30.7 Å². The standard InChI is InChI=1S/C13H10F7N3/c14-6-3-9(21-4-6)11-22-8-2-5(12(15,16)17)1-7(10(8)23-11)13(18,19)20/h1-2,6,9,21H,3-4H2,(H,22,23)/t6-,9+/m1/s1.